The molecule has 0 bridgehead atoms. The number of aromatic nitrogens is 1. The molecule has 1 fully saturated rings. The number of hydrogen-bond acceptors (Lipinski definition) is 3. The van der Waals surface area contributed by atoms with Crippen molar-refractivity contribution in [3.63, 3.8) is 0 Å². The second-order valence-corrected chi connectivity index (χ2v) is 5.06. The minimum atomic E-state index is -2.30. The van der Waals surface area contributed by atoms with Crippen LogP contribution in [0.1, 0.15) is 19.4 Å². The average Bonchev–Trinajstić information content (AvgIpc) is 2.96. The van der Waals surface area contributed by atoms with E-state index in [1.165, 1.54) is 11.9 Å². The maximum Gasteiger partial charge on any atom is 0.407 e. The van der Waals surface area contributed by atoms with Crippen molar-refractivity contribution in [2.45, 2.75) is 18.9 Å². The maximum absolute atomic E-state index is 11.5. The van der Waals surface area contributed by atoms with Gasteiger partial charge in [-0.2, -0.15) is 0 Å². The van der Waals surface area contributed by atoms with Crippen molar-refractivity contribution in [3.8, 4) is 0 Å². The molecule has 5 nitrogen and oxygen atoms in total. The lowest BCUT2D eigenvalue weighted by Gasteiger charge is -2.09. The van der Waals surface area contributed by atoms with Gasteiger partial charge in [0.15, 0.2) is 2.82 Å². The third-order valence-corrected chi connectivity index (χ3v) is 3.37. The summed E-state index contributed by atoms with van der Waals surface area (Å²) in [7, 11) is 1.46. The quantitative estimate of drug-likeness (QED) is 0.886. The number of nitrogens with one attached hydrogen (secondary N) is 2. The van der Waals surface area contributed by atoms with Crippen molar-refractivity contribution in [1.29, 1.82) is 0 Å². The number of carbonyl (C=O) groups is 1. The van der Waals surface area contributed by atoms with Gasteiger partial charge in [-0.3, -0.25) is 0 Å². The first-order chi connectivity index (χ1) is 13.3. The SMILES string of the molecule is [2H]c1c(CCN(C)C([2H])([2H])[2H])c2cc(C[C@@H]3N([2H])C(=O)OC3([2H])[2H])ccc2n1[2H]. The molecular formula is C16H21N3O2. The van der Waals surface area contributed by atoms with Gasteiger partial charge in [-0.1, -0.05) is 6.07 Å². The predicted octanol–water partition coefficient (Wildman–Crippen LogP) is 1.92. The van der Waals surface area contributed by atoms with Crippen molar-refractivity contribution in [2.75, 3.05) is 27.1 Å². The van der Waals surface area contributed by atoms with Crippen LogP contribution >= 0.6 is 0 Å². The van der Waals surface area contributed by atoms with Gasteiger partial charge in [-0.05, 0) is 50.1 Å². The summed E-state index contributed by atoms with van der Waals surface area (Å²) >= 11 is 0. The van der Waals surface area contributed by atoms with Crippen molar-refractivity contribution < 1.29 is 20.6 Å². The number of benzene rings is 1. The minimum absolute atomic E-state index is 0.0172. The van der Waals surface area contributed by atoms with Gasteiger partial charge in [0, 0.05) is 27.7 Å². The molecule has 2 heterocycles. The summed E-state index contributed by atoms with van der Waals surface area (Å²) in [5.74, 6) is 0. The fourth-order valence-electron chi connectivity index (χ4n) is 2.32. The van der Waals surface area contributed by atoms with E-state index in [-0.39, 0.29) is 25.6 Å². The molecule has 2 aromatic rings. The number of H-pyrrole nitrogens is 1. The Kier molecular flexibility index (Phi) is 2.01. The van der Waals surface area contributed by atoms with Crippen molar-refractivity contribution in [2.24, 2.45) is 0 Å². The number of carbonyl (C=O) groups excluding carboxylic acids is 1. The fourth-order valence-corrected chi connectivity index (χ4v) is 2.32. The third kappa shape index (κ3) is 3.19. The summed E-state index contributed by atoms with van der Waals surface area (Å²) in [6.45, 7) is -4.40. The molecule has 0 spiro atoms. The van der Waals surface area contributed by atoms with Gasteiger partial charge in [0.25, 0.3) is 0 Å². The summed E-state index contributed by atoms with van der Waals surface area (Å²) in [5, 5.41) is 1.06. The Hall–Kier alpha value is -2.01. The van der Waals surface area contributed by atoms with Crippen LogP contribution in [0.3, 0.4) is 0 Å². The Morgan fingerprint density at radius 1 is 1.67 bits per heavy atom. The van der Waals surface area contributed by atoms with E-state index in [0.29, 0.717) is 27.3 Å². The molecule has 3 rings (SSSR count). The van der Waals surface area contributed by atoms with Crippen molar-refractivity contribution in [3.05, 3.63) is 35.5 Å². The molecule has 1 aliphatic heterocycles. The number of ether oxygens (including phenoxy) is 1. The Labute approximate surface area is 135 Å². The third-order valence-electron chi connectivity index (χ3n) is 3.37. The zero-order chi connectivity index (χ0) is 21.7. The van der Waals surface area contributed by atoms with Crippen molar-refractivity contribution in [1.82, 2.24) is 15.2 Å². The van der Waals surface area contributed by atoms with Gasteiger partial charge in [0.1, 0.15) is 6.56 Å². The molecule has 1 atom stereocenters. The number of alkyl carbamates (subject to hydrolysis) is 1. The minimum Gasteiger partial charge on any atom is -0.447 e. The van der Waals surface area contributed by atoms with Crippen molar-refractivity contribution >= 4 is 17.0 Å². The lowest BCUT2D eigenvalue weighted by atomic mass is 10.0. The smallest absolute Gasteiger partial charge is 0.407 e. The lowest BCUT2D eigenvalue weighted by Crippen LogP contribution is -2.28. The second kappa shape index (κ2) is 5.77. The largest absolute Gasteiger partial charge is 0.447 e. The molecule has 21 heavy (non-hydrogen) atoms. The highest BCUT2D eigenvalue weighted by Gasteiger charge is 2.22. The monoisotopic (exact) mass is 295 g/mol. The molecule has 2 N–H and O–H groups in total. The van der Waals surface area contributed by atoms with E-state index >= 15 is 0 Å². The normalized spacial score (nSPS) is 27.2. The Bertz CT molecular complexity index is 942. The first kappa shape index (κ1) is 7.31. The van der Waals surface area contributed by atoms with Gasteiger partial charge in [-0.15, -0.1) is 0 Å². The highest BCUT2D eigenvalue weighted by Crippen LogP contribution is 2.21. The highest BCUT2D eigenvalue weighted by atomic mass is 16.6. The molecule has 0 unspecified atom stereocenters. The fraction of sp³-hybridized carbons (Fsp3) is 0.438. The van der Waals surface area contributed by atoms with Gasteiger partial charge in [0.2, 0.25) is 0 Å². The number of likely N-dealkylation sites (N-methyl/N-ethyl adjacent to an activating group) is 1. The van der Waals surface area contributed by atoms with Crippen LogP contribution in [0.5, 0.6) is 0 Å². The number of aromatic amines is 1. The van der Waals surface area contributed by atoms with E-state index in [2.05, 4.69) is 4.74 Å². The second-order valence-electron chi connectivity index (χ2n) is 5.06. The van der Waals surface area contributed by atoms with E-state index in [1.54, 1.807) is 18.2 Å². The summed E-state index contributed by atoms with van der Waals surface area (Å²) in [6, 6.07) is 3.83. The number of cyclic esters (lactones) is 1. The summed E-state index contributed by atoms with van der Waals surface area (Å²) in [4.78, 5) is 13.7. The van der Waals surface area contributed by atoms with E-state index in [4.69, 9.17) is 11.0 Å². The Morgan fingerprint density at radius 3 is 3.33 bits per heavy atom. The van der Waals surface area contributed by atoms with E-state index in [9.17, 15) is 4.79 Å². The number of fused-ring (bicyclic) bond motifs is 1. The van der Waals surface area contributed by atoms with E-state index in [0.717, 1.165) is 4.98 Å². The van der Waals surface area contributed by atoms with Crippen LogP contribution in [0.4, 0.5) is 4.79 Å². The van der Waals surface area contributed by atoms with Gasteiger partial charge in [-0.25, -0.2) is 4.79 Å². The van der Waals surface area contributed by atoms with Crippen LogP contribution in [-0.2, 0) is 17.6 Å². The number of hydrogen-bond donors (Lipinski definition) is 2. The average molecular weight is 295 g/mol. The lowest BCUT2D eigenvalue weighted by molar-refractivity contribution is 0.177. The molecule has 1 saturated heterocycles. The number of nitrogens with zero attached hydrogens (tertiary/aromatic N) is 1. The zero-order valence-electron chi connectivity index (χ0n) is 19.6. The van der Waals surface area contributed by atoms with Crippen LogP contribution in [0, 0.1) is 0 Å². The van der Waals surface area contributed by atoms with Crippen LogP contribution in [0.2, 0.25) is 2.82 Å². The molecule has 0 saturated carbocycles. The summed E-state index contributed by atoms with van der Waals surface area (Å²) in [6.07, 6.45) is -0.840. The molecule has 1 amide bonds. The molecular weight excluding hydrogens is 266 g/mol. The van der Waals surface area contributed by atoms with E-state index in [1.807, 2.05) is 0 Å². The van der Waals surface area contributed by atoms with E-state index < -0.39 is 25.7 Å². The molecule has 0 radical (unpaired) electrons. The van der Waals surface area contributed by atoms with Crippen LogP contribution in [0.15, 0.2) is 24.4 Å². The number of rotatable bonds is 5. The standard InChI is InChI=1S/C16H21N3O2/c1-19(2)6-5-12-9-17-15-4-3-11(8-14(12)15)7-13-10-21-16(20)18-13/h3-4,8-9,13,17H,5-7,10H2,1-2H3,(H,18,20)/t13-/m0/s1/i1D3,9D,10D2/hD2. The molecule has 1 aromatic carbocycles. The Balaban J connectivity index is 1.92. The van der Waals surface area contributed by atoms with Gasteiger partial charge < -0.3 is 19.9 Å². The zero-order valence-corrected chi connectivity index (χ0v) is 11.6. The van der Waals surface area contributed by atoms with Crippen LogP contribution in [-0.4, -0.2) is 49.1 Å². The first-order valence-electron chi connectivity index (χ1n) is 10.6. The predicted molar refractivity (Wildman–Crippen MR) is 82.5 cm³/mol. The first-order valence-corrected chi connectivity index (χ1v) is 6.67. The van der Waals surface area contributed by atoms with Gasteiger partial charge >= 0.3 is 6.09 Å². The molecule has 1 aromatic heterocycles. The topological polar surface area (TPSA) is 57.4 Å². The molecule has 1 aliphatic rings. The highest BCUT2D eigenvalue weighted by molar-refractivity contribution is 5.84. The Morgan fingerprint density at radius 2 is 2.57 bits per heavy atom. The van der Waals surface area contributed by atoms with Crippen LogP contribution < -0.4 is 5.31 Å². The summed E-state index contributed by atoms with van der Waals surface area (Å²) < 4.78 is 66.5. The maximum atomic E-state index is 11.5. The van der Waals surface area contributed by atoms with Crippen LogP contribution in [0.25, 0.3) is 10.9 Å². The number of amides is 1. The molecule has 0 aliphatic carbocycles. The summed E-state index contributed by atoms with van der Waals surface area (Å²) in [5.41, 5.74) is 1.59. The molecule has 5 heteroatoms. The van der Waals surface area contributed by atoms with Gasteiger partial charge in [0.05, 0.1) is 10.2 Å². The molecule has 112 valence electrons.